The molecular formula is C19H17ClF3N3O2S. The Labute approximate surface area is 171 Å². The number of nitrogens with one attached hydrogen (secondary N) is 1. The summed E-state index contributed by atoms with van der Waals surface area (Å²) in [6, 6.07) is 10.6. The molecule has 3 aromatic rings. The lowest BCUT2D eigenvalue weighted by molar-refractivity contribution is -0.137. The Morgan fingerprint density at radius 3 is 2.38 bits per heavy atom. The van der Waals surface area contributed by atoms with Gasteiger partial charge in [0.2, 0.25) is 0 Å². The van der Waals surface area contributed by atoms with Gasteiger partial charge < -0.3 is 0 Å². The van der Waals surface area contributed by atoms with Gasteiger partial charge in [0.15, 0.2) is 0 Å². The number of aryl methyl sites for hydroxylation is 1. The van der Waals surface area contributed by atoms with Crippen LogP contribution in [0.15, 0.2) is 53.4 Å². The molecule has 0 fully saturated rings. The molecule has 1 N–H and O–H groups in total. The maximum absolute atomic E-state index is 12.9. The van der Waals surface area contributed by atoms with Gasteiger partial charge in [0, 0.05) is 5.02 Å². The van der Waals surface area contributed by atoms with Crippen molar-refractivity contribution in [2.75, 3.05) is 4.72 Å². The molecule has 10 heteroatoms. The minimum atomic E-state index is -4.44. The van der Waals surface area contributed by atoms with Crippen LogP contribution in [0.1, 0.15) is 22.5 Å². The monoisotopic (exact) mass is 443 g/mol. The highest BCUT2D eigenvalue weighted by molar-refractivity contribution is 7.92. The first-order valence-electron chi connectivity index (χ1n) is 8.46. The van der Waals surface area contributed by atoms with Crippen molar-refractivity contribution in [1.29, 1.82) is 0 Å². The zero-order valence-electron chi connectivity index (χ0n) is 15.5. The summed E-state index contributed by atoms with van der Waals surface area (Å²) < 4.78 is 68.0. The second-order valence-corrected chi connectivity index (χ2v) is 8.58. The number of benzene rings is 2. The zero-order valence-corrected chi connectivity index (χ0v) is 17.0. The van der Waals surface area contributed by atoms with Crippen LogP contribution < -0.4 is 4.72 Å². The Bertz CT molecular complexity index is 1140. The molecule has 0 atom stereocenters. The van der Waals surface area contributed by atoms with Crippen molar-refractivity contribution in [3.05, 3.63) is 76.1 Å². The molecule has 1 heterocycles. The molecule has 0 aliphatic rings. The number of rotatable bonds is 5. The van der Waals surface area contributed by atoms with Gasteiger partial charge >= 0.3 is 6.18 Å². The van der Waals surface area contributed by atoms with Crippen LogP contribution in [0, 0.1) is 13.8 Å². The van der Waals surface area contributed by atoms with Crippen molar-refractivity contribution < 1.29 is 21.6 Å². The zero-order chi connectivity index (χ0) is 21.4. The molecule has 0 unspecified atom stereocenters. The summed E-state index contributed by atoms with van der Waals surface area (Å²) in [4.78, 5) is 0.0336. The minimum absolute atomic E-state index is 0.0336. The molecule has 1 aromatic heterocycles. The third kappa shape index (κ3) is 4.73. The van der Waals surface area contributed by atoms with E-state index in [1.165, 1.54) is 35.0 Å². The molecule has 154 valence electrons. The lowest BCUT2D eigenvalue weighted by Crippen LogP contribution is -2.14. The lowest BCUT2D eigenvalue weighted by atomic mass is 10.1. The van der Waals surface area contributed by atoms with Crippen molar-refractivity contribution in [3.63, 3.8) is 0 Å². The molecular weight excluding hydrogens is 427 g/mol. The highest BCUT2D eigenvalue weighted by Gasteiger charge is 2.30. The van der Waals surface area contributed by atoms with Crippen molar-refractivity contribution in [3.8, 4) is 0 Å². The SMILES string of the molecule is Cc1nn(Cc2cccc(C(F)(F)F)c2)c(C)c1NS(=O)(=O)c1ccc(Cl)cc1. The maximum atomic E-state index is 12.9. The smallest absolute Gasteiger partial charge is 0.276 e. The number of hydrogen-bond donors (Lipinski definition) is 1. The standard InChI is InChI=1S/C19H17ClF3N3O2S/c1-12-18(25-29(27,28)17-8-6-16(20)7-9-17)13(2)26(24-12)11-14-4-3-5-15(10-14)19(21,22)23/h3-10,25H,11H2,1-2H3. The van der Waals surface area contributed by atoms with Crippen LogP contribution in [0.4, 0.5) is 18.9 Å². The van der Waals surface area contributed by atoms with Gasteiger partial charge in [-0.15, -0.1) is 0 Å². The molecule has 0 bridgehead atoms. The van der Waals surface area contributed by atoms with Crippen molar-refractivity contribution in [2.24, 2.45) is 0 Å². The first-order valence-corrected chi connectivity index (χ1v) is 10.3. The molecule has 3 rings (SSSR count). The normalized spacial score (nSPS) is 12.2. The van der Waals surface area contributed by atoms with Crippen LogP contribution in [-0.2, 0) is 22.7 Å². The molecule has 0 aliphatic carbocycles. The van der Waals surface area contributed by atoms with E-state index >= 15 is 0 Å². The predicted molar refractivity (Wildman–Crippen MR) is 105 cm³/mol. The quantitative estimate of drug-likeness (QED) is 0.602. The Kier molecular flexibility index (Phi) is 5.64. The van der Waals surface area contributed by atoms with Gasteiger partial charge in [-0.3, -0.25) is 9.40 Å². The Balaban J connectivity index is 1.88. The molecule has 29 heavy (non-hydrogen) atoms. The average Bonchev–Trinajstić information content (AvgIpc) is 2.89. The fraction of sp³-hybridized carbons (Fsp3) is 0.211. The number of anilines is 1. The Morgan fingerprint density at radius 1 is 1.10 bits per heavy atom. The number of sulfonamides is 1. The van der Waals surface area contributed by atoms with Gasteiger partial charge in [0.05, 0.1) is 34.1 Å². The average molecular weight is 444 g/mol. The van der Waals surface area contributed by atoms with Crippen molar-refractivity contribution >= 4 is 27.3 Å². The molecule has 2 aromatic carbocycles. The van der Waals surface area contributed by atoms with Gasteiger partial charge in [-0.1, -0.05) is 23.7 Å². The number of alkyl halides is 3. The first-order chi connectivity index (χ1) is 13.5. The summed E-state index contributed by atoms with van der Waals surface area (Å²) in [5, 5.41) is 4.68. The molecule has 0 saturated carbocycles. The number of hydrogen-bond acceptors (Lipinski definition) is 3. The molecule has 0 aliphatic heterocycles. The van der Waals surface area contributed by atoms with E-state index in [2.05, 4.69) is 9.82 Å². The van der Waals surface area contributed by atoms with E-state index in [4.69, 9.17) is 11.6 Å². The first kappa shape index (κ1) is 21.2. The number of halogens is 4. The largest absolute Gasteiger partial charge is 0.416 e. The summed E-state index contributed by atoms with van der Waals surface area (Å²) in [6.45, 7) is 3.34. The second kappa shape index (κ2) is 7.72. The topological polar surface area (TPSA) is 64.0 Å². The van der Waals surface area contributed by atoms with Crippen molar-refractivity contribution in [2.45, 2.75) is 31.5 Å². The molecule has 0 radical (unpaired) electrons. The summed E-state index contributed by atoms with van der Waals surface area (Å²) in [7, 11) is -3.87. The summed E-state index contributed by atoms with van der Waals surface area (Å²) >= 11 is 5.79. The minimum Gasteiger partial charge on any atom is -0.276 e. The van der Waals surface area contributed by atoms with Gasteiger partial charge in [0.25, 0.3) is 10.0 Å². The summed E-state index contributed by atoms with van der Waals surface area (Å²) in [6.07, 6.45) is -4.44. The van der Waals surface area contributed by atoms with Crippen LogP contribution in [0.3, 0.4) is 0 Å². The highest BCUT2D eigenvalue weighted by atomic mass is 35.5. The van der Waals surface area contributed by atoms with Crippen molar-refractivity contribution in [1.82, 2.24) is 9.78 Å². The Hall–Kier alpha value is -2.52. The van der Waals surface area contributed by atoms with Gasteiger partial charge in [0.1, 0.15) is 0 Å². The van der Waals surface area contributed by atoms with Gasteiger partial charge in [-0.25, -0.2) is 8.42 Å². The predicted octanol–water partition coefficient (Wildman–Crippen LogP) is 5.02. The van der Waals surface area contributed by atoms with E-state index in [1.807, 2.05) is 0 Å². The van der Waals surface area contributed by atoms with E-state index < -0.39 is 21.8 Å². The van der Waals surface area contributed by atoms with E-state index in [0.29, 0.717) is 22.0 Å². The number of nitrogens with zero attached hydrogens (tertiary/aromatic N) is 2. The van der Waals surface area contributed by atoms with Crippen LogP contribution in [0.5, 0.6) is 0 Å². The fourth-order valence-electron chi connectivity index (χ4n) is 2.82. The second-order valence-electron chi connectivity index (χ2n) is 6.46. The van der Waals surface area contributed by atoms with E-state index in [-0.39, 0.29) is 17.1 Å². The third-order valence-corrected chi connectivity index (χ3v) is 5.95. The summed E-state index contributed by atoms with van der Waals surface area (Å²) in [5.74, 6) is 0. The van der Waals surface area contributed by atoms with Crippen LogP contribution in [0.25, 0.3) is 0 Å². The molecule has 0 amide bonds. The van der Waals surface area contributed by atoms with E-state index in [9.17, 15) is 21.6 Å². The third-order valence-electron chi connectivity index (χ3n) is 4.33. The molecule has 5 nitrogen and oxygen atoms in total. The highest BCUT2D eigenvalue weighted by Crippen LogP contribution is 2.30. The fourth-order valence-corrected chi connectivity index (χ4v) is 4.13. The molecule has 0 saturated heterocycles. The maximum Gasteiger partial charge on any atom is 0.416 e. The van der Waals surface area contributed by atoms with Gasteiger partial charge in [-0.05, 0) is 55.8 Å². The lowest BCUT2D eigenvalue weighted by Gasteiger charge is -2.11. The molecule has 0 spiro atoms. The van der Waals surface area contributed by atoms with Crippen LogP contribution in [-0.4, -0.2) is 18.2 Å². The summed E-state index contributed by atoms with van der Waals surface area (Å²) in [5.41, 5.74) is 0.828. The van der Waals surface area contributed by atoms with Gasteiger partial charge in [-0.2, -0.15) is 18.3 Å². The Morgan fingerprint density at radius 2 is 1.76 bits per heavy atom. The number of aromatic nitrogens is 2. The van der Waals surface area contributed by atoms with Crippen LogP contribution >= 0.6 is 11.6 Å². The van der Waals surface area contributed by atoms with E-state index in [0.717, 1.165) is 12.1 Å². The van der Waals surface area contributed by atoms with Crippen LogP contribution in [0.2, 0.25) is 5.02 Å². The van der Waals surface area contributed by atoms with E-state index in [1.54, 1.807) is 19.9 Å².